The minimum Gasteiger partial charge on any atom is -0.329 e. The molecule has 4 heteroatoms. The molecule has 0 saturated heterocycles. The summed E-state index contributed by atoms with van der Waals surface area (Å²) >= 11 is 0. The fourth-order valence-electron chi connectivity index (χ4n) is 3.38. The summed E-state index contributed by atoms with van der Waals surface area (Å²) in [6.07, 6.45) is 4.10. The average Bonchev–Trinajstić information content (AvgIpc) is 2.49. The monoisotopic (exact) mass is 296 g/mol. The lowest BCUT2D eigenvalue weighted by Gasteiger charge is -2.32. The number of alkyl halides is 2. The molecule has 1 aliphatic carbocycles. The van der Waals surface area contributed by atoms with E-state index in [1.165, 1.54) is 38.2 Å². The third-order valence-corrected chi connectivity index (χ3v) is 4.57. The number of hydrogen-bond acceptors (Lipinski definition) is 2. The first kappa shape index (κ1) is 16.4. The summed E-state index contributed by atoms with van der Waals surface area (Å²) in [7, 11) is 2.06. The molecular weight excluding hydrogens is 270 g/mol. The number of benzene rings is 1. The second kappa shape index (κ2) is 7.85. The quantitative estimate of drug-likeness (QED) is 0.855. The molecule has 0 radical (unpaired) electrons. The lowest BCUT2D eigenvalue weighted by molar-refractivity contribution is 0.150. The van der Waals surface area contributed by atoms with E-state index in [2.05, 4.69) is 11.9 Å². The van der Waals surface area contributed by atoms with E-state index in [-0.39, 0.29) is 11.6 Å². The number of nitrogens with two attached hydrogens (primary N) is 1. The van der Waals surface area contributed by atoms with Crippen molar-refractivity contribution in [3.8, 4) is 0 Å². The van der Waals surface area contributed by atoms with E-state index in [1.54, 1.807) is 12.1 Å². The zero-order valence-electron chi connectivity index (χ0n) is 12.8. The zero-order chi connectivity index (χ0) is 15.2. The Morgan fingerprint density at radius 1 is 1.19 bits per heavy atom. The third-order valence-electron chi connectivity index (χ3n) is 4.57. The molecule has 1 aliphatic rings. The molecule has 0 heterocycles. The van der Waals surface area contributed by atoms with E-state index in [9.17, 15) is 8.78 Å². The summed E-state index contributed by atoms with van der Waals surface area (Å²) in [6, 6.07) is 6.70. The van der Waals surface area contributed by atoms with Gasteiger partial charge in [0.15, 0.2) is 0 Å². The molecule has 1 atom stereocenters. The number of halogens is 2. The third kappa shape index (κ3) is 4.48. The molecule has 118 valence electrons. The Hall–Kier alpha value is -1.00. The first-order chi connectivity index (χ1) is 10.1. The Morgan fingerprint density at radius 3 is 2.48 bits per heavy atom. The topological polar surface area (TPSA) is 29.3 Å². The standard InChI is InChI=1S/C17H26F2N2/c1-21(12-13-6-3-2-4-7-13)16(11-20)14-8-5-9-15(10-14)17(18)19/h5,8-10,13,16-17H,2-4,6-7,11-12,20H2,1H3. The maximum absolute atomic E-state index is 12.8. The minimum atomic E-state index is -2.42. The summed E-state index contributed by atoms with van der Waals surface area (Å²) in [5.41, 5.74) is 6.89. The molecule has 1 unspecified atom stereocenters. The lowest BCUT2D eigenvalue weighted by Crippen LogP contribution is -2.35. The Morgan fingerprint density at radius 2 is 1.86 bits per heavy atom. The van der Waals surface area contributed by atoms with Crippen molar-refractivity contribution in [2.24, 2.45) is 11.7 Å². The van der Waals surface area contributed by atoms with Gasteiger partial charge in [-0.1, -0.05) is 37.5 Å². The fourth-order valence-corrected chi connectivity index (χ4v) is 3.38. The molecule has 1 saturated carbocycles. The Bertz CT molecular complexity index is 431. The molecule has 2 N–H and O–H groups in total. The van der Waals surface area contributed by atoms with Gasteiger partial charge in [-0.2, -0.15) is 0 Å². The van der Waals surface area contributed by atoms with Crippen LogP contribution in [-0.4, -0.2) is 25.0 Å². The van der Waals surface area contributed by atoms with E-state index >= 15 is 0 Å². The minimum absolute atomic E-state index is 0.0191. The Balaban J connectivity index is 2.05. The van der Waals surface area contributed by atoms with Crippen molar-refractivity contribution < 1.29 is 8.78 Å². The lowest BCUT2D eigenvalue weighted by atomic mass is 9.88. The average molecular weight is 296 g/mol. The first-order valence-corrected chi connectivity index (χ1v) is 7.90. The number of hydrogen-bond donors (Lipinski definition) is 1. The smallest absolute Gasteiger partial charge is 0.263 e. The van der Waals surface area contributed by atoms with Crippen molar-refractivity contribution in [2.45, 2.75) is 44.6 Å². The van der Waals surface area contributed by atoms with E-state index in [1.807, 2.05) is 6.07 Å². The van der Waals surface area contributed by atoms with Crippen molar-refractivity contribution >= 4 is 0 Å². The van der Waals surface area contributed by atoms with Crippen LogP contribution in [0, 0.1) is 5.92 Å². The molecule has 1 fully saturated rings. The van der Waals surface area contributed by atoms with Crippen LogP contribution < -0.4 is 5.73 Å². The van der Waals surface area contributed by atoms with Gasteiger partial charge < -0.3 is 5.73 Å². The fraction of sp³-hybridized carbons (Fsp3) is 0.647. The molecule has 0 bridgehead atoms. The molecule has 0 aliphatic heterocycles. The second-order valence-electron chi connectivity index (χ2n) is 6.17. The second-order valence-corrected chi connectivity index (χ2v) is 6.17. The van der Waals surface area contributed by atoms with E-state index in [4.69, 9.17) is 5.73 Å². The van der Waals surface area contributed by atoms with Crippen LogP contribution in [0.2, 0.25) is 0 Å². The van der Waals surface area contributed by atoms with Gasteiger partial charge in [-0.25, -0.2) is 8.78 Å². The molecule has 21 heavy (non-hydrogen) atoms. The SMILES string of the molecule is CN(CC1CCCCC1)C(CN)c1cccc(C(F)F)c1. The Labute approximate surface area is 126 Å². The van der Waals surface area contributed by atoms with Gasteiger partial charge in [0.05, 0.1) is 0 Å². The van der Waals surface area contributed by atoms with Crippen LogP contribution in [0.5, 0.6) is 0 Å². The highest BCUT2D eigenvalue weighted by molar-refractivity contribution is 5.27. The predicted molar refractivity (Wildman–Crippen MR) is 82.4 cm³/mol. The summed E-state index contributed by atoms with van der Waals surface area (Å²) in [6.45, 7) is 1.46. The van der Waals surface area contributed by atoms with Crippen molar-refractivity contribution in [1.29, 1.82) is 0 Å². The van der Waals surface area contributed by atoms with Gasteiger partial charge in [-0.15, -0.1) is 0 Å². The van der Waals surface area contributed by atoms with E-state index < -0.39 is 6.43 Å². The number of rotatable bonds is 6. The molecule has 2 rings (SSSR count). The summed E-state index contributed by atoms with van der Waals surface area (Å²) in [4.78, 5) is 2.24. The zero-order valence-corrected chi connectivity index (χ0v) is 12.8. The van der Waals surface area contributed by atoms with Gasteiger partial charge in [0.2, 0.25) is 0 Å². The van der Waals surface area contributed by atoms with Crippen molar-refractivity contribution in [2.75, 3.05) is 20.1 Å². The Kier molecular flexibility index (Phi) is 6.12. The van der Waals surface area contributed by atoms with Crippen molar-refractivity contribution in [3.05, 3.63) is 35.4 Å². The van der Waals surface area contributed by atoms with Crippen LogP contribution in [-0.2, 0) is 0 Å². The molecular formula is C17H26F2N2. The van der Waals surface area contributed by atoms with Gasteiger partial charge in [0.1, 0.15) is 0 Å². The van der Waals surface area contributed by atoms with Crippen LogP contribution >= 0.6 is 0 Å². The first-order valence-electron chi connectivity index (χ1n) is 7.90. The molecule has 1 aromatic carbocycles. The van der Waals surface area contributed by atoms with Gasteiger partial charge in [0.25, 0.3) is 6.43 Å². The van der Waals surface area contributed by atoms with Gasteiger partial charge in [-0.05, 0) is 37.4 Å². The number of likely N-dealkylation sites (N-methyl/N-ethyl adjacent to an activating group) is 1. The molecule has 1 aromatic rings. The van der Waals surface area contributed by atoms with E-state index in [0.717, 1.165) is 18.0 Å². The maximum Gasteiger partial charge on any atom is 0.263 e. The van der Waals surface area contributed by atoms with Crippen LogP contribution in [0.15, 0.2) is 24.3 Å². The highest BCUT2D eigenvalue weighted by Crippen LogP contribution is 2.28. The highest BCUT2D eigenvalue weighted by atomic mass is 19.3. The van der Waals surface area contributed by atoms with Gasteiger partial charge in [-0.3, -0.25) is 4.90 Å². The molecule has 0 spiro atoms. The van der Waals surface area contributed by atoms with Crippen LogP contribution in [0.25, 0.3) is 0 Å². The molecule has 0 amide bonds. The van der Waals surface area contributed by atoms with Crippen LogP contribution in [0.1, 0.15) is 55.7 Å². The summed E-state index contributed by atoms with van der Waals surface area (Å²) < 4.78 is 25.7. The van der Waals surface area contributed by atoms with Crippen LogP contribution in [0.3, 0.4) is 0 Å². The molecule has 2 nitrogen and oxygen atoms in total. The number of nitrogens with zero attached hydrogens (tertiary/aromatic N) is 1. The highest BCUT2D eigenvalue weighted by Gasteiger charge is 2.21. The predicted octanol–water partition coefficient (Wildman–Crippen LogP) is 4.14. The van der Waals surface area contributed by atoms with Gasteiger partial charge >= 0.3 is 0 Å². The summed E-state index contributed by atoms with van der Waals surface area (Å²) in [5.74, 6) is 0.719. The van der Waals surface area contributed by atoms with E-state index in [0.29, 0.717) is 6.54 Å². The van der Waals surface area contributed by atoms with Crippen molar-refractivity contribution in [3.63, 3.8) is 0 Å². The largest absolute Gasteiger partial charge is 0.329 e. The van der Waals surface area contributed by atoms with Crippen LogP contribution in [0.4, 0.5) is 8.78 Å². The van der Waals surface area contributed by atoms with Crippen molar-refractivity contribution in [1.82, 2.24) is 4.90 Å². The maximum atomic E-state index is 12.8. The normalized spacial score (nSPS) is 18.4. The summed E-state index contributed by atoms with van der Waals surface area (Å²) in [5, 5.41) is 0. The van der Waals surface area contributed by atoms with Gasteiger partial charge in [0, 0.05) is 24.7 Å². The molecule has 0 aromatic heterocycles.